The van der Waals surface area contributed by atoms with Crippen molar-refractivity contribution < 1.29 is 0 Å². The third-order valence-corrected chi connectivity index (χ3v) is 3.68. The van der Waals surface area contributed by atoms with Gasteiger partial charge in [-0.25, -0.2) is 4.98 Å². The van der Waals surface area contributed by atoms with E-state index >= 15 is 0 Å². The molecule has 0 aliphatic carbocycles. The number of nitrogens with two attached hydrogens (primary N) is 1. The molecule has 2 heterocycles. The van der Waals surface area contributed by atoms with Crippen molar-refractivity contribution >= 4 is 11.5 Å². The van der Waals surface area contributed by atoms with Crippen molar-refractivity contribution in [1.29, 1.82) is 0 Å². The molecule has 1 aliphatic rings. The molecule has 2 N–H and O–H groups in total. The standard InChI is InChI=1S/C16H19N3/c1-12-4-6-15-14(9-12)3-2-8-19(15)16-7-5-13(10-17)11-18-16/h4-7,9,11H,2-3,8,10,17H2,1H3. The van der Waals surface area contributed by atoms with Crippen LogP contribution in [0.15, 0.2) is 36.5 Å². The highest BCUT2D eigenvalue weighted by Crippen LogP contribution is 2.32. The Morgan fingerprint density at radius 2 is 2.16 bits per heavy atom. The van der Waals surface area contributed by atoms with E-state index in [1.54, 1.807) is 0 Å². The predicted octanol–water partition coefficient (Wildman–Crippen LogP) is 2.93. The van der Waals surface area contributed by atoms with Crippen molar-refractivity contribution in [2.24, 2.45) is 5.73 Å². The number of aryl methyl sites for hydroxylation is 2. The summed E-state index contributed by atoms with van der Waals surface area (Å²) in [5.41, 5.74) is 10.7. The quantitative estimate of drug-likeness (QED) is 0.894. The fourth-order valence-corrected chi connectivity index (χ4v) is 2.66. The molecule has 0 atom stereocenters. The molecule has 0 bridgehead atoms. The van der Waals surface area contributed by atoms with Crippen LogP contribution in [0.2, 0.25) is 0 Å². The van der Waals surface area contributed by atoms with E-state index < -0.39 is 0 Å². The fraction of sp³-hybridized carbons (Fsp3) is 0.312. The Balaban J connectivity index is 1.98. The summed E-state index contributed by atoms with van der Waals surface area (Å²) in [7, 11) is 0. The molecule has 1 aromatic heterocycles. The van der Waals surface area contributed by atoms with Gasteiger partial charge in [-0.15, -0.1) is 0 Å². The summed E-state index contributed by atoms with van der Waals surface area (Å²) in [6.07, 6.45) is 4.21. The molecular formula is C16H19N3. The van der Waals surface area contributed by atoms with E-state index in [2.05, 4.69) is 47.1 Å². The summed E-state index contributed by atoms with van der Waals surface area (Å²) in [4.78, 5) is 6.84. The maximum atomic E-state index is 5.62. The third-order valence-electron chi connectivity index (χ3n) is 3.68. The van der Waals surface area contributed by atoms with E-state index in [-0.39, 0.29) is 0 Å². The molecule has 0 amide bonds. The van der Waals surface area contributed by atoms with Crippen LogP contribution in [-0.4, -0.2) is 11.5 Å². The van der Waals surface area contributed by atoms with Gasteiger partial charge < -0.3 is 10.6 Å². The molecule has 1 aromatic carbocycles. The molecule has 3 rings (SSSR count). The van der Waals surface area contributed by atoms with Crippen LogP contribution in [0.1, 0.15) is 23.1 Å². The highest BCUT2D eigenvalue weighted by Gasteiger charge is 2.18. The molecule has 0 saturated heterocycles. The van der Waals surface area contributed by atoms with Crippen LogP contribution in [0.5, 0.6) is 0 Å². The van der Waals surface area contributed by atoms with Gasteiger partial charge in [-0.1, -0.05) is 23.8 Å². The van der Waals surface area contributed by atoms with Gasteiger partial charge in [0.1, 0.15) is 5.82 Å². The average molecular weight is 253 g/mol. The largest absolute Gasteiger partial charge is 0.326 e. The highest BCUT2D eigenvalue weighted by molar-refractivity contribution is 5.66. The number of rotatable bonds is 2. The topological polar surface area (TPSA) is 42.1 Å². The minimum absolute atomic E-state index is 0.545. The normalized spacial score (nSPS) is 14.3. The molecule has 0 fully saturated rings. The maximum Gasteiger partial charge on any atom is 0.132 e. The zero-order chi connectivity index (χ0) is 13.2. The van der Waals surface area contributed by atoms with Crippen LogP contribution in [0.3, 0.4) is 0 Å². The first-order valence-electron chi connectivity index (χ1n) is 6.80. The predicted molar refractivity (Wildman–Crippen MR) is 78.6 cm³/mol. The minimum atomic E-state index is 0.545. The van der Waals surface area contributed by atoms with Crippen LogP contribution in [0.25, 0.3) is 0 Å². The zero-order valence-corrected chi connectivity index (χ0v) is 11.3. The van der Waals surface area contributed by atoms with Crippen molar-refractivity contribution in [3.63, 3.8) is 0 Å². The van der Waals surface area contributed by atoms with E-state index in [4.69, 9.17) is 5.73 Å². The van der Waals surface area contributed by atoms with Gasteiger partial charge in [-0.3, -0.25) is 0 Å². The van der Waals surface area contributed by atoms with Gasteiger partial charge in [0, 0.05) is 25.0 Å². The summed E-state index contributed by atoms with van der Waals surface area (Å²) >= 11 is 0. The van der Waals surface area contributed by atoms with Crippen LogP contribution >= 0.6 is 0 Å². The second kappa shape index (κ2) is 5.02. The molecule has 3 nitrogen and oxygen atoms in total. The van der Waals surface area contributed by atoms with E-state index in [0.717, 1.165) is 24.3 Å². The fourth-order valence-electron chi connectivity index (χ4n) is 2.66. The number of benzene rings is 1. The number of aromatic nitrogens is 1. The van der Waals surface area contributed by atoms with E-state index in [9.17, 15) is 0 Å². The second-order valence-electron chi connectivity index (χ2n) is 5.12. The van der Waals surface area contributed by atoms with Crippen LogP contribution in [-0.2, 0) is 13.0 Å². The van der Waals surface area contributed by atoms with Gasteiger partial charge in [-0.2, -0.15) is 0 Å². The minimum Gasteiger partial charge on any atom is -0.326 e. The number of hydrogen-bond donors (Lipinski definition) is 1. The number of pyridine rings is 1. The van der Waals surface area contributed by atoms with Gasteiger partial charge in [0.25, 0.3) is 0 Å². The van der Waals surface area contributed by atoms with Crippen molar-refractivity contribution in [3.8, 4) is 0 Å². The lowest BCUT2D eigenvalue weighted by atomic mass is 9.99. The second-order valence-corrected chi connectivity index (χ2v) is 5.12. The first-order chi connectivity index (χ1) is 9.28. The summed E-state index contributed by atoms with van der Waals surface area (Å²) in [6.45, 7) is 3.72. The van der Waals surface area contributed by atoms with Crippen molar-refractivity contribution in [2.75, 3.05) is 11.4 Å². The highest BCUT2D eigenvalue weighted by atomic mass is 15.2. The van der Waals surface area contributed by atoms with Crippen molar-refractivity contribution in [3.05, 3.63) is 53.2 Å². The summed E-state index contributed by atoms with van der Waals surface area (Å²) < 4.78 is 0. The summed E-state index contributed by atoms with van der Waals surface area (Å²) in [5.74, 6) is 1.02. The van der Waals surface area contributed by atoms with Gasteiger partial charge in [-0.05, 0) is 43.0 Å². The molecular weight excluding hydrogens is 234 g/mol. The van der Waals surface area contributed by atoms with Crippen LogP contribution < -0.4 is 10.6 Å². The Morgan fingerprint density at radius 3 is 2.89 bits per heavy atom. The SMILES string of the molecule is Cc1ccc2c(c1)CCCN2c1ccc(CN)cn1. The molecule has 0 unspecified atom stereocenters. The lowest BCUT2D eigenvalue weighted by Gasteiger charge is -2.30. The van der Waals surface area contributed by atoms with Crippen molar-refractivity contribution in [1.82, 2.24) is 4.98 Å². The number of nitrogens with zero attached hydrogens (tertiary/aromatic N) is 2. The number of hydrogen-bond acceptors (Lipinski definition) is 3. The summed E-state index contributed by atoms with van der Waals surface area (Å²) in [6, 6.07) is 10.8. The Kier molecular flexibility index (Phi) is 3.22. The van der Waals surface area contributed by atoms with Crippen LogP contribution in [0.4, 0.5) is 11.5 Å². The molecule has 0 saturated carbocycles. The Labute approximate surface area is 114 Å². The first kappa shape index (κ1) is 12.2. The Bertz CT molecular complexity index is 575. The average Bonchev–Trinajstić information content (AvgIpc) is 2.46. The third kappa shape index (κ3) is 2.34. The molecule has 0 radical (unpaired) electrons. The van der Waals surface area contributed by atoms with E-state index in [1.165, 1.54) is 23.2 Å². The van der Waals surface area contributed by atoms with Gasteiger partial charge >= 0.3 is 0 Å². The Hall–Kier alpha value is -1.87. The van der Waals surface area contributed by atoms with Gasteiger partial charge in [0.05, 0.1) is 0 Å². The molecule has 0 spiro atoms. The van der Waals surface area contributed by atoms with Crippen LogP contribution in [0, 0.1) is 6.92 Å². The number of fused-ring (bicyclic) bond motifs is 1. The van der Waals surface area contributed by atoms with Gasteiger partial charge in [0.2, 0.25) is 0 Å². The summed E-state index contributed by atoms with van der Waals surface area (Å²) in [5, 5.41) is 0. The maximum absolute atomic E-state index is 5.62. The van der Waals surface area contributed by atoms with E-state index in [1.807, 2.05) is 6.20 Å². The first-order valence-corrected chi connectivity index (χ1v) is 6.80. The lowest BCUT2D eigenvalue weighted by molar-refractivity contribution is 0.758. The monoisotopic (exact) mass is 253 g/mol. The molecule has 3 heteroatoms. The number of anilines is 2. The molecule has 98 valence electrons. The lowest BCUT2D eigenvalue weighted by Crippen LogP contribution is -2.25. The smallest absolute Gasteiger partial charge is 0.132 e. The molecule has 1 aliphatic heterocycles. The molecule has 19 heavy (non-hydrogen) atoms. The molecule has 2 aromatic rings. The van der Waals surface area contributed by atoms with Gasteiger partial charge in [0.15, 0.2) is 0 Å². The zero-order valence-electron chi connectivity index (χ0n) is 11.3. The Morgan fingerprint density at radius 1 is 1.26 bits per heavy atom. The van der Waals surface area contributed by atoms with Crippen molar-refractivity contribution in [2.45, 2.75) is 26.3 Å². The van der Waals surface area contributed by atoms with E-state index in [0.29, 0.717) is 6.54 Å².